The summed E-state index contributed by atoms with van der Waals surface area (Å²) in [5, 5.41) is 5.54. The topological polar surface area (TPSA) is 58.2 Å². The van der Waals surface area contributed by atoms with Gasteiger partial charge in [-0.05, 0) is 6.42 Å². The summed E-state index contributed by atoms with van der Waals surface area (Å²) in [5.74, 6) is 2.04. The smallest absolute Gasteiger partial charge is 0.221 e. The predicted octanol–water partition coefficient (Wildman–Crippen LogP) is 1.81. The minimum absolute atomic E-state index is 0.00361. The molecular weight excluding hydrogens is 256 g/mol. The van der Waals surface area contributed by atoms with Crippen molar-refractivity contribution in [2.45, 2.75) is 33.1 Å². The van der Waals surface area contributed by atoms with Crippen LogP contribution in [0.5, 0.6) is 0 Å². The Balaban J connectivity index is 3.31. The highest BCUT2D eigenvalue weighted by Gasteiger charge is 2.02. The molecule has 2 N–H and O–H groups in total. The fourth-order valence-electron chi connectivity index (χ4n) is 1.09. The number of amides is 2. The molecule has 0 aliphatic rings. The number of carbonyl (C=O) groups excluding carboxylic acids is 2. The van der Waals surface area contributed by atoms with E-state index in [1.807, 2.05) is 6.92 Å². The summed E-state index contributed by atoms with van der Waals surface area (Å²) in [6.45, 7) is 5.19. The van der Waals surface area contributed by atoms with E-state index in [9.17, 15) is 9.59 Å². The fourth-order valence-corrected chi connectivity index (χ4v) is 2.67. The van der Waals surface area contributed by atoms with E-state index in [2.05, 4.69) is 17.6 Å². The third-order valence-corrected chi connectivity index (χ3v) is 4.34. The third-order valence-electron chi connectivity index (χ3n) is 1.86. The molecule has 0 spiro atoms. The Labute approximate surface area is 111 Å². The lowest BCUT2D eigenvalue weighted by atomic mass is 10.3. The Morgan fingerprint density at radius 3 is 2.24 bits per heavy atom. The molecule has 0 aromatic rings. The molecule has 0 atom stereocenters. The van der Waals surface area contributed by atoms with Crippen LogP contribution in [0, 0.1) is 0 Å². The maximum atomic E-state index is 11.3. The summed E-state index contributed by atoms with van der Waals surface area (Å²) in [6.07, 6.45) is 1.73. The normalized spacial score (nSPS) is 10.0. The van der Waals surface area contributed by atoms with Gasteiger partial charge < -0.3 is 10.6 Å². The first kappa shape index (κ1) is 16.6. The highest BCUT2D eigenvalue weighted by Crippen LogP contribution is 2.18. The first-order valence-electron chi connectivity index (χ1n) is 5.98. The van der Waals surface area contributed by atoms with Gasteiger partial charge in [0.1, 0.15) is 0 Å². The van der Waals surface area contributed by atoms with Gasteiger partial charge in [-0.15, -0.1) is 0 Å². The van der Waals surface area contributed by atoms with Gasteiger partial charge in [-0.2, -0.15) is 0 Å². The van der Waals surface area contributed by atoms with Gasteiger partial charge in [0, 0.05) is 37.4 Å². The van der Waals surface area contributed by atoms with Crippen molar-refractivity contribution in [3.8, 4) is 0 Å². The Morgan fingerprint density at radius 1 is 0.941 bits per heavy atom. The molecule has 6 heteroatoms. The van der Waals surface area contributed by atoms with Gasteiger partial charge in [0.25, 0.3) is 0 Å². The van der Waals surface area contributed by atoms with Crippen molar-refractivity contribution in [1.82, 2.24) is 10.6 Å². The summed E-state index contributed by atoms with van der Waals surface area (Å²) < 4.78 is 0. The molecule has 2 amide bonds. The van der Waals surface area contributed by atoms with Crippen LogP contribution >= 0.6 is 21.6 Å². The van der Waals surface area contributed by atoms with Gasteiger partial charge >= 0.3 is 0 Å². The Bertz CT molecular complexity index is 226. The van der Waals surface area contributed by atoms with Crippen LogP contribution in [0.3, 0.4) is 0 Å². The van der Waals surface area contributed by atoms with Crippen LogP contribution in [0.15, 0.2) is 0 Å². The molecule has 0 aliphatic carbocycles. The summed E-state index contributed by atoms with van der Waals surface area (Å²) in [4.78, 5) is 22.4. The molecule has 0 radical (unpaired) electrons. The van der Waals surface area contributed by atoms with Gasteiger partial charge in [-0.1, -0.05) is 35.4 Å². The molecule has 0 saturated heterocycles. The van der Waals surface area contributed by atoms with Crippen molar-refractivity contribution in [1.29, 1.82) is 0 Å². The molecule has 0 bridgehead atoms. The highest BCUT2D eigenvalue weighted by molar-refractivity contribution is 8.76. The monoisotopic (exact) mass is 278 g/mol. The summed E-state index contributed by atoms with van der Waals surface area (Å²) in [5.41, 5.74) is 0. The lowest BCUT2D eigenvalue weighted by molar-refractivity contribution is -0.122. The summed E-state index contributed by atoms with van der Waals surface area (Å²) >= 11 is 0. The number of nitrogens with one attached hydrogen (secondary N) is 2. The molecule has 0 fully saturated rings. The van der Waals surface area contributed by atoms with Crippen LogP contribution < -0.4 is 10.6 Å². The molecule has 0 aromatic heterocycles. The van der Waals surface area contributed by atoms with E-state index in [0.717, 1.165) is 17.9 Å². The molecule has 17 heavy (non-hydrogen) atoms. The van der Waals surface area contributed by atoms with Gasteiger partial charge in [-0.25, -0.2) is 0 Å². The van der Waals surface area contributed by atoms with Crippen molar-refractivity contribution in [3.63, 3.8) is 0 Å². The number of rotatable bonds is 10. The Morgan fingerprint density at radius 2 is 1.59 bits per heavy atom. The minimum Gasteiger partial charge on any atom is -0.356 e. The molecule has 0 aliphatic heterocycles. The third kappa shape index (κ3) is 11.9. The highest BCUT2D eigenvalue weighted by atomic mass is 33.1. The van der Waals surface area contributed by atoms with Crippen LogP contribution in [-0.2, 0) is 9.59 Å². The zero-order valence-corrected chi connectivity index (χ0v) is 12.2. The van der Waals surface area contributed by atoms with Crippen molar-refractivity contribution in [3.05, 3.63) is 0 Å². The van der Waals surface area contributed by atoms with Gasteiger partial charge in [0.2, 0.25) is 11.8 Å². The van der Waals surface area contributed by atoms with Crippen LogP contribution in [-0.4, -0.2) is 36.4 Å². The average molecular weight is 278 g/mol. The Kier molecular flexibility index (Phi) is 11.8. The second-order valence-electron chi connectivity index (χ2n) is 3.43. The Hall–Kier alpha value is -0.360. The number of hydrogen-bond donors (Lipinski definition) is 2. The second kappa shape index (κ2) is 12.1. The molecule has 0 heterocycles. The van der Waals surface area contributed by atoms with Crippen molar-refractivity contribution in [2.24, 2.45) is 0 Å². The molecule has 0 aromatic carbocycles. The first-order chi connectivity index (χ1) is 8.20. The number of carbonyl (C=O) groups is 2. The average Bonchev–Trinajstić information content (AvgIpc) is 2.29. The molecule has 0 saturated carbocycles. The minimum atomic E-state index is 0.00361. The van der Waals surface area contributed by atoms with Crippen LogP contribution in [0.2, 0.25) is 0 Å². The zero-order chi connectivity index (χ0) is 12.9. The molecule has 0 unspecified atom stereocenters. The van der Waals surface area contributed by atoms with Crippen molar-refractivity contribution >= 4 is 33.4 Å². The van der Waals surface area contributed by atoms with Gasteiger partial charge in [-0.3, -0.25) is 9.59 Å². The van der Waals surface area contributed by atoms with E-state index >= 15 is 0 Å². The summed E-state index contributed by atoms with van der Waals surface area (Å²) in [6, 6.07) is 0. The molecule has 4 nitrogen and oxygen atoms in total. The summed E-state index contributed by atoms with van der Waals surface area (Å²) in [7, 11) is 3.56. The van der Waals surface area contributed by atoms with E-state index in [0.29, 0.717) is 25.9 Å². The molecule has 0 rings (SSSR count). The van der Waals surface area contributed by atoms with E-state index in [4.69, 9.17) is 0 Å². The lowest BCUT2D eigenvalue weighted by Crippen LogP contribution is -2.31. The van der Waals surface area contributed by atoms with Crippen LogP contribution in [0.25, 0.3) is 0 Å². The zero-order valence-electron chi connectivity index (χ0n) is 10.6. The first-order valence-corrected chi connectivity index (χ1v) is 8.47. The SMILES string of the molecule is CCCC(=O)NCCC(=O)NCCSSCC. The quantitative estimate of drug-likeness (QED) is 0.473. The fraction of sp³-hybridized carbons (Fsp3) is 0.818. The van der Waals surface area contributed by atoms with Gasteiger partial charge in [0.15, 0.2) is 0 Å². The largest absolute Gasteiger partial charge is 0.356 e. The maximum absolute atomic E-state index is 11.3. The van der Waals surface area contributed by atoms with E-state index < -0.39 is 0 Å². The van der Waals surface area contributed by atoms with Gasteiger partial charge in [0.05, 0.1) is 0 Å². The lowest BCUT2D eigenvalue weighted by Gasteiger charge is -2.05. The van der Waals surface area contributed by atoms with E-state index in [1.165, 1.54) is 0 Å². The van der Waals surface area contributed by atoms with Crippen molar-refractivity contribution in [2.75, 3.05) is 24.6 Å². The molecular formula is C11H22N2O2S2. The maximum Gasteiger partial charge on any atom is 0.221 e. The second-order valence-corrected chi connectivity index (χ2v) is 6.30. The van der Waals surface area contributed by atoms with Crippen LogP contribution in [0.4, 0.5) is 0 Å². The van der Waals surface area contributed by atoms with Crippen LogP contribution in [0.1, 0.15) is 33.1 Å². The van der Waals surface area contributed by atoms with E-state index in [-0.39, 0.29) is 11.8 Å². The predicted molar refractivity (Wildman–Crippen MR) is 76.1 cm³/mol. The molecule has 100 valence electrons. The number of hydrogen-bond acceptors (Lipinski definition) is 4. The van der Waals surface area contributed by atoms with Crippen molar-refractivity contribution < 1.29 is 9.59 Å². The van der Waals surface area contributed by atoms with E-state index in [1.54, 1.807) is 21.6 Å². The standard InChI is InChI=1S/C11H22N2O2S2/c1-3-5-10(14)12-7-6-11(15)13-8-9-17-16-4-2/h3-9H2,1-2H3,(H,12,14)(H,13,15).